The number of rotatable bonds is 4. The molecule has 196 valence electrons. The van der Waals surface area contributed by atoms with Gasteiger partial charge >= 0.3 is 0 Å². The summed E-state index contributed by atoms with van der Waals surface area (Å²) in [7, 11) is 0. The molecule has 1 aliphatic carbocycles. The van der Waals surface area contributed by atoms with Crippen LogP contribution >= 0.6 is 0 Å². The summed E-state index contributed by atoms with van der Waals surface area (Å²) in [5, 5.41) is 14.4. The van der Waals surface area contributed by atoms with E-state index in [4.69, 9.17) is 0 Å². The summed E-state index contributed by atoms with van der Waals surface area (Å²) in [6, 6.07) is 10.3. The number of benzene rings is 1. The van der Waals surface area contributed by atoms with Crippen LogP contribution in [0.5, 0.6) is 0 Å². The highest BCUT2D eigenvalue weighted by Crippen LogP contribution is 2.39. The van der Waals surface area contributed by atoms with Gasteiger partial charge in [0.2, 0.25) is 5.91 Å². The molecule has 1 aromatic carbocycles. The van der Waals surface area contributed by atoms with Crippen molar-refractivity contribution in [3.05, 3.63) is 59.0 Å². The Bertz CT molecular complexity index is 1210. The molecule has 0 radical (unpaired) electrons. The van der Waals surface area contributed by atoms with Gasteiger partial charge in [-0.15, -0.1) is 0 Å². The number of aliphatic hydroxyl groups excluding tert-OH is 1. The molecule has 3 aliphatic heterocycles. The molecule has 2 aromatic rings. The van der Waals surface area contributed by atoms with E-state index in [9.17, 15) is 19.1 Å². The smallest absolute Gasteiger partial charge is 0.257 e. The number of nitrogens with one attached hydrogen (secondary N) is 1. The predicted molar refractivity (Wildman–Crippen MR) is 136 cm³/mol. The number of β-amino-alcohol motifs (C(OH)–C–C–N with tert-alkyl or cyclic N) is 1. The molecular formula is C28H34FN5O3. The van der Waals surface area contributed by atoms with Crippen LogP contribution in [0.3, 0.4) is 0 Å². The summed E-state index contributed by atoms with van der Waals surface area (Å²) in [4.78, 5) is 35.1. The number of aromatic nitrogens is 1. The number of nitrogens with zero attached hydrogens (tertiary/aromatic N) is 4. The first-order valence-electron chi connectivity index (χ1n) is 13.3. The molecule has 2 amide bonds. The molecule has 8 nitrogen and oxygen atoms in total. The van der Waals surface area contributed by atoms with Crippen LogP contribution in [0.25, 0.3) is 0 Å². The molecule has 1 saturated carbocycles. The lowest BCUT2D eigenvalue weighted by molar-refractivity contribution is -0.130. The van der Waals surface area contributed by atoms with E-state index in [1.54, 1.807) is 11.8 Å². The van der Waals surface area contributed by atoms with Crippen LogP contribution in [0.4, 0.5) is 10.2 Å². The Morgan fingerprint density at radius 3 is 2.68 bits per heavy atom. The Morgan fingerprint density at radius 1 is 1.14 bits per heavy atom. The molecule has 6 rings (SSSR count). The zero-order valence-corrected chi connectivity index (χ0v) is 21.1. The lowest BCUT2D eigenvalue weighted by Crippen LogP contribution is -2.56. The Balaban J connectivity index is 1.09. The van der Waals surface area contributed by atoms with E-state index in [1.807, 2.05) is 11.0 Å². The Labute approximate surface area is 216 Å². The number of pyridine rings is 1. The molecule has 1 aromatic heterocycles. The summed E-state index contributed by atoms with van der Waals surface area (Å²) >= 11 is 0. The number of carbonyl (C=O) groups excluding carboxylic acids is 2. The number of amides is 2. The van der Waals surface area contributed by atoms with Crippen molar-refractivity contribution >= 4 is 17.6 Å². The van der Waals surface area contributed by atoms with Gasteiger partial charge in [-0.2, -0.15) is 0 Å². The molecule has 37 heavy (non-hydrogen) atoms. The quantitative estimate of drug-likeness (QED) is 0.660. The number of carbonyl (C=O) groups is 2. The van der Waals surface area contributed by atoms with Crippen molar-refractivity contribution in [3.63, 3.8) is 0 Å². The van der Waals surface area contributed by atoms with E-state index in [1.165, 1.54) is 17.2 Å². The highest BCUT2D eigenvalue weighted by atomic mass is 19.1. The van der Waals surface area contributed by atoms with E-state index in [0.29, 0.717) is 24.7 Å². The minimum Gasteiger partial charge on any atom is -0.390 e. The number of hydrogen-bond acceptors (Lipinski definition) is 6. The third kappa shape index (κ3) is 4.59. The van der Waals surface area contributed by atoms with Crippen molar-refractivity contribution in [1.29, 1.82) is 0 Å². The molecular weight excluding hydrogens is 473 g/mol. The molecule has 9 heteroatoms. The van der Waals surface area contributed by atoms with E-state index in [0.717, 1.165) is 45.1 Å². The van der Waals surface area contributed by atoms with Crippen molar-refractivity contribution in [3.8, 4) is 0 Å². The van der Waals surface area contributed by atoms with Gasteiger partial charge in [0, 0.05) is 57.8 Å². The largest absolute Gasteiger partial charge is 0.390 e. The minimum absolute atomic E-state index is 0.0238. The normalized spacial score (nSPS) is 29.3. The van der Waals surface area contributed by atoms with Crippen LogP contribution in [-0.2, 0) is 17.8 Å². The fourth-order valence-corrected chi connectivity index (χ4v) is 6.89. The zero-order chi connectivity index (χ0) is 25.7. The van der Waals surface area contributed by atoms with Crippen LogP contribution < -0.4 is 5.32 Å². The maximum atomic E-state index is 14.7. The van der Waals surface area contributed by atoms with Crippen LogP contribution in [-0.4, -0.2) is 87.0 Å². The van der Waals surface area contributed by atoms with Gasteiger partial charge in [0.25, 0.3) is 5.91 Å². The van der Waals surface area contributed by atoms with Crippen LogP contribution in [0.15, 0.2) is 36.5 Å². The molecule has 0 spiro atoms. The summed E-state index contributed by atoms with van der Waals surface area (Å²) in [6.07, 6.45) is 3.79. The fourth-order valence-electron chi connectivity index (χ4n) is 6.89. The molecule has 3 fully saturated rings. The average molecular weight is 508 g/mol. The average Bonchev–Trinajstić information content (AvgIpc) is 3.50. The number of likely N-dealkylation sites (tertiary alicyclic amines) is 2. The number of fused-ring (bicyclic) bond motifs is 3. The van der Waals surface area contributed by atoms with Gasteiger partial charge in [0.1, 0.15) is 5.82 Å². The second kappa shape index (κ2) is 9.68. The molecule has 4 heterocycles. The maximum absolute atomic E-state index is 14.7. The van der Waals surface area contributed by atoms with Crippen LogP contribution in [0.2, 0.25) is 0 Å². The van der Waals surface area contributed by atoms with Crippen molar-refractivity contribution < 1.29 is 19.1 Å². The number of halogens is 1. The monoisotopic (exact) mass is 507 g/mol. The second-order valence-corrected chi connectivity index (χ2v) is 11.0. The number of anilines is 1. The summed E-state index contributed by atoms with van der Waals surface area (Å²) < 4.78 is 14.7. The van der Waals surface area contributed by atoms with Crippen molar-refractivity contribution in [2.75, 3.05) is 31.5 Å². The van der Waals surface area contributed by atoms with E-state index >= 15 is 0 Å². The number of hydrogen-bond donors (Lipinski definition) is 2. The molecule has 3 unspecified atom stereocenters. The third-order valence-corrected chi connectivity index (χ3v) is 8.83. The lowest BCUT2D eigenvalue weighted by Gasteiger charge is -2.43. The van der Waals surface area contributed by atoms with Gasteiger partial charge in [-0.1, -0.05) is 24.3 Å². The first-order chi connectivity index (χ1) is 17.9. The molecule has 4 aliphatic rings. The zero-order valence-electron chi connectivity index (χ0n) is 21.1. The van der Waals surface area contributed by atoms with Crippen molar-refractivity contribution in [1.82, 2.24) is 19.7 Å². The lowest BCUT2D eigenvalue weighted by atomic mass is 9.94. The molecule has 2 bridgehead atoms. The topological polar surface area (TPSA) is 89.0 Å². The molecule has 2 saturated heterocycles. The standard InChI is InChI=1S/C28H34FN5O3/c1-17(35)34-15-20-10-21(34)11-24(20)31-27-12-22(23(29)13-30-27)28(37)33-9-7-25(26(36)16-33)32-8-6-18-4-2-3-5-19(18)14-32/h2-5,12-13,20-21,24-26,36H,6-11,14-16H2,1H3,(H,30,31)/t20?,21?,24?,25-,26-/m0/s1. The van der Waals surface area contributed by atoms with Crippen molar-refractivity contribution in [2.24, 2.45) is 5.92 Å². The SMILES string of the molecule is CC(=O)N1CC2CC1CC2Nc1cc(C(=O)N2CC[C@H](N3CCc4ccccc4C3)[C@@H](O)C2)c(F)cn1. The summed E-state index contributed by atoms with van der Waals surface area (Å²) in [5.41, 5.74) is 2.63. The third-order valence-electron chi connectivity index (χ3n) is 8.83. The van der Waals surface area contributed by atoms with Gasteiger partial charge in [0.05, 0.1) is 17.9 Å². The van der Waals surface area contributed by atoms with Gasteiger partial charge in [-0.3, -0.25) is 14.5 Å². The summed E-state index contributed by atoms with van der Waals surface area (Å²) in [5.74, 6) is -0.166. The first kappa shape index (κ1) is 24.3. The molecule has 5 atom stereocenters. The van der Waals surface area contributed by atoms with Gasteiger partial charge in [-0.05, 0) is 48.8 Å². The van der Waals surface area contributed by atoms with E-state index in [-0.39, 0.29) is 36.1 Å². The molecule has 2 N–H and O–H groups in total. The van der Waals surface area contributed by atoms with Gasteiger partial charge < -0.3 is 20.2 Å². The Hall–Kier alpha value is -3.04. The second-order valence-electron chi connectivity index (χ2n) is 11.0. The highest BCUT2D eigenvalue weighted by molar-refractivity contribution is 5.95. The fraction of sp³-hybridized carbons (Fsp3) is 0.536. The first-order valence-corrected chi connectivity index (χ1v) is 13.3. The van der Waals surface area contributed by atoms with E-state index in [2.05, 4.69) is 33.4 Å². The minimum atomic E-state index is -0.691. The number of aliphatic hydroxyl groups is 1. The predicted octanol–water partition coefficient (Wildman–Crippen LogP) is 2.28. The van der Waals surface area contributed by atoms with E-state index < -0.39 is 17.8 Å². The summed E-state index contributed by atoms with van der Waals surface area (Å²) in [6.45, 7) is 4.66. The van der Waals surface area contributed by atoms with Crippen LogP contribution in [0, 0.1) is 11.7 Å². The van der Waals surface area contributed by atoms with Gasteiger partial charge in [0.15, 0.2) is 5.82 Å². The Kier molecular flexibility index (Phi) is 6.36. The highest BCUT2D eigenvalue weighted by Gasteiger charge is 2.45. The number of piperidine rings is 2. The Morgan fingerprint density at radius 2 is 1.95 bits per heavy atom. The maximum Gasteiger partial charge on any atom is 0.257 e. The van der Waals surface area contributed by atoms with Gasteiger partial charge in [-0.25, -0.2) is 9.37 Å². The van der Waals surface area contributed by atoms with Crippen molar-refractivity contribution in [2.45, 2.75) is 63.4 Å². The van der Waals surface area contributed by atoms with Crippen LogP contribution in [0.1, 0.15) is 47.7 Å².